The van der Waals surface area contributed by atoms with Gasteiger partial charge in [0.25, 0.3) is 0 Å². The summed E-state index contributed by atoms with van der Waals surface area (Å²) >= 11 is 3.39. The zero-order valence-electron chi connectivity index (χ0n) is 9.48. The van der Waals surface area contributed by atoms with Crippen molar-refractivity contribution >= 4 is 21.8 Å². The van der Waals surface area contributed by atoms with Crippen LogP contribution in [0.25, 0.3) is 0 Å². The normalized spacial score (nSPS) is 12.9. The zero-order valence-corrected chi connectivity index (χ0v) is 11.1. The van der Waals surface area contributed by atoms with Crippen molar-refractivity contribution in [2.75, 3.05) is 11.9 Å². The van der Waals surface area contributed by atoms with E-state index in [0.717, 1.165) is 24.7 Å². The number of nitrogens with one attached hydrogen (secondary N) is 1. The summed E-state index contributed by atoms with van der Waals surface area (Å²) in [4.78, 5) is 11.3. The van der Waals surface area contributed by atoms with E-state index in [0.29, 0.717) is 18.3 Å². The maximum atomic E-state index is 11.3. The summed E-state index contributed by atoms with van der Waals surface area (Å²) in [7, 11) is 0. The molecule has 0 heterocycles. The summed E-state index contributed by atoms with van der Waals surface area (Å²) in [5, 5.41) is 3.97. The molecule has 1 amide bonds. The summed E-state index contributed by atoms with van der Waals surface area (Å²) in [5.74, 6) is 1.37. The van der Waals surface area contributed by atoms with E-state index < -0.39 is 0 Å². The fourth-order valence-electron chi connectivity index (χ4n) is 1.08. The molecule has 0 bridgehead atoms. The van der Waals surface area contributed by atoms with E-state index in [9.17, 15) is 4.79 Å². The molecule has 0 saturated carbocycles. The average molecular weight is 264 g/mol. The van der Waals surface area contributed by atoms with Gasteiger partial charge in [-0.05, 0) is 24.7 Å². The minimum Gasteiger partial charge on any atom is -0.356 e. The predicted molar refractivity (Wildman–Crippen MR) is 64.7 cm³/mol. The maximum Gasteiger partial charge on any atom is 0.220 e. The van der Waals surface area contributed by atoms with Crippen molar-refractivity contribution in [3.05, 3.63) is 0 Å². The Labute approximate surface area is 96.0 Å². The molecule has 0 aromatic rings. The molecule has 0 aliphatic heterocycles. The maximum absolute atomic E-state index is 11.3. The minimum atomic E-state index is 0.195. The second kappa shape index (κ2) is 8.27. The van der Waals surface area contributed by atoms with E-state index >= 15 is 0 Å². The third-order valence-corrected chi connectivity index (χ3v) is 2.66. The van der Waals surface area contributed by atoms with Gasteiger partial charge in [-0.1, -0.05) is 36.7 Å². The quantitative estimate of drug-likeness (QED) is 0.704. The van der Waals surface area contributed by atoms with Crippen molar-refractivity contribution in [2.45, 2.75) is 40.0 Å². The monoisotopic (exact) mass is 263 g/mol. The molecule has 0 aromatic carbocycles. The van der Waals surface area contributed by atoms with Gasteiger partial charge in [0.05, 0.1) is 0 Å². The standard InChI is InChI=1S/C11H22BrNO/c1-9(2)4-5-11(14)13-8-10(3)6-7-12/h9-10H,4-8H2,1-3H3,(H,13,14). The molecule has 0 saturated heterocycles. The van der Waals surface area contributed by atoms with Crippen LogP contribution < -0.4 is 5.32 Å². The van der Waals surface area contributed by atoms with Crippen molar-refractivity contribution in [3.63, 3.8) is 0 Å². The first kappa shape index (κ1) is 13.9. The van der Waals surface area contributed by atoms with Gasteiger partial charge >= 0.3 is 0 Å². The molecule has 0 aliphatic carbocycles. The minimum absolute atomic E-state index is 0.195. The fourth-order valence-corrected chi connectivity index (χ4v) is 1.87. The van der Waals surface area contributed by atoms with Gasteiger partial charge in [0.2, 0.25) is 5.91 Å². The topological polar surface area (TPSA) is 29.1 Å². The summed E-state index contributed by atoms with van der Waals surface area (Å²) in [6.07, 6.45) is 2.77. The van der Waals surface area contributed by atoms with Gasteiger partial charge in [-0.15, -0.1) is 0 Å². The molecule has 1 atom stereocenters. The Morgan fingerprint density at radius 2 is 1.93 bits per heavy atom. The fraction of sp³-hybridized carbons (Fsp3) is 0.909. The Bertz CT molecular complexity index is 159. The van der Waals surface area contributed by atoms with Crippen LogP contribution in [0.1, 0.15) is 40.0 Å². The number of amides is 1. The molecule has 0 rings (SSSR count). The van der Waals surface area contributed by atoms with Gasteiger partial charge in [0.15, 0.2) is 0 Å². The van der Waals surface area contributed by atoms with E-state index in [4.69, 9.17) is 0 Å². The number of rotatable bonds is 7. The summed E-state index contributed by atoms with van der Waals surface area (Å²) in [5.41, 5.74) is 0. The van der Waals surface area contributed by atoms with Crippen LogP contribution in [0.15, 0.2) is 0 Å². The van der Waals surface area contributed by atoms with Crippen LogP contribution in [0.2, 0.25) is 0 Å². The highest BCUT2D eigenvalue weighted by molar-refractivity contribution is 9.09. The Hall–Kier alpha value is -0.0500. The van der Waals surface area contributed by atoms with Gasteiger partial charge in [-0.2, -0.15) is 0 Å². The lowest BCUT2D eigenvalue weighted by Crippen LogP contribution is -2.28. The molecule has 0 spiro atoms. The number of carbonyl (C=O) groups is 1. The van der Waals surface area contributed by atoms with Gasteiger partial charge in [0.1, 0.15) is 0 Å². The van der Waals surface area contributed by atoms with Crippen LogP contribution >= 0.6 is 15.9 Å². The van der Waals surface area contributed by atoms with Gasteiger partial charge in [-0.25, -0.2) is 0 Å². The molecular formula is C11H22BrNO. The zero-order chi connectivity index (χ0) is 11.0. The van der Waals surface area contributed by atoms with E-state index in [-0.39, 0.29) is 5.91 Å². The second-order valence-corrected chi connectivity index (χ2v) is 5.11. The van der Waals surface area contributed by atoms with Crippen molar-refractivity contribution in [1.29, 1.82) is 0 Å². The third kappa shape index (κ3) is 8.54. The predicted octanol–water partition coefficient (Wildman–Crippen LogP) is 2.96. The highest BCUT2D eigenvalue weighted by Gasteiger charge is 2.05. The first-order valence-electron chi connectivity index (χ1n) is 5.39. The van der Waals surface area contributed by atoms with Gasteiger partial charge in [-0.3, -0.25) is 4.79 Å². The SMILES string of the molecule is CC(C)CCC(=O)NCC(C)CCBr. The molecule has 0 aliphatic rings. The molecule has 3 heteroatoms. The highest BCUT2D eigenvalue weighted by Crippen LogP contribution is 2.05. The van der Waals surface area contributed by atoms with Crippen LogP contribution in [0.4, 0.5) is 0 Å². The second-order valence-electron chi connectivity index (χ2n) is 4.32. The summed E-state index contributed by atoms with van der Waals surface area (Å²) in [6, 6.07) is 0. The number of hydrogen-bond donors (Lipinski definition) is 1. The van der Waals surface area contributed by atoms with Crippen molar-refractivity contribution in [2.24, 2.45) is 11.8 Å². The van der Waals surface area contributed by atoms with Gasteiger partial charge < -0.3 is 5.32 Å². The molecule has 2 nitrogen and oxygen atoms in total. The number of hydrogen-bond acceptors (Lipinski definition) is 1. The number of alkyl halides is 1. The van der Waals surface area contributed by atoms with E-state index in [1.54, 1.807) is 0 Å². The lowest BCUT2D eigenvalue weighted by molar-refractivity contribution is -0.121. The van der Waals surface area contributed by atoms with E-state index in [1.807, 2.05) is 0 Å². The Balaban J connectivity index is 3.43. The van der Waals surface area contributed by atoms with E-state index in [2.05, 4.69) is 42.0 Å². The highest BCUT2D eigenvalue weighted by atomic mass is 79.9. The van der Waals surface area contributed by atoms with Gasteiger partial charge in [0, 0.05) is 18.3 Å². The van der Waals surface area contributed by atoms with Crippen LogP contribution in [-0.2, 0) is 4.79 Å². The molecule has 0 aromatic heterocycles. The van der Waals surface area contributed by atoms with Crippen molar-refractivity contribution in [3.8, 4) is 0 Å². The van der Waals surface area contributed by atoms with Crippen molar-refractivity contribution in [1.82, 2.24) is 5.32 Å². The molecule has 1 unspecified atom stereocenters. The smallest absolute Gasteiger partial charge is 0.220 e. The molecular weight excluding hydrogens is 242 g/mol. The van der Waals surface area contributed by atoms with Crippen LogP contribution in [-0.4, -0.2) is 17.8 Å². The van der Waals surface area contributed by atoms with E-state index in [1.165, 1.54) is 0 Å². The Morgan fingerprint density at radius 3 is 2.43 bits per heavy atom. The van der Waals surface area contributed by atoms with Crippen LogP contribution in [0.5, 0.6) is 0 Å². The summed E-state index contributed by atoms with van der Waals surface area (Å²) in [6.45, 7) is 7.24. The lowest BCUT2D eigenvalue weighted by atomic mass is 10.1. The first-order chi connectivity index (χ1) is 6.56. The largest absolute Gasteiger partial charge is 0.356 e. The Morgan fingerprint density at radius 1 is 1.29 bits per heavy atom. The lowest BCUT2D eigenvalue weighted by Gasteiger charge is -2.11. The molecule has 0 fully saturated rings. The van der Waals surface area contributed by atoms with Crippen LogP contribution in [0.3, 0.4) is 0 Å². The number of carbonyl (C=O) groups excluding carboxylic acids is 1. The number of halogens is 1. The Kier molecular flexibility index (Phi) is 8.24. The molecule has 14 heavy (non-hydrogen) atoms. The van der Waals surface area contributed by atoms with Crippen LogP contribution in [0, 0.1) is 11.8 Å². The first-order valence-corrected chi connectivity index (χ1v) is 6.51. The summed E-state index contributed by atoms with van der Waals surface area (Å²) < 4.78 is 0. The third-order valence-electron chi connectivity index (χ3n) is 2.20. The van der Waals surface area contributed by atoms with Crippen molar-refractivity contribution < 1.29 is 4.79 Å². The molecule has 0 radical (unpaired) electrons. The molecule has 1 N–H and O–H groups in total. The average Bonchev–Trinajstić information content (AvgIpc) is 2.12. The molecule has 84 valence electrons.